The van der Waals surface area contributed by atoms with Gasteiger partial charge in [0, 0.05) is 5.56 Å². The first-order valence-corrected chi connectivity index (χ1v) is 8.68. The van der Waals surface area contributed by atoms with Gasteiger partial charge in [-0.3, -0.25) is 4.79 Å². The first-order valence-electron chi connectivity index (χ1n) is 8.68. The van der Waals surface area contributed by atoms with E-state index in [1.165, 1.54) is 5.56 Å². The maximum Gasteiger partial charge on any atom is 0.185 e. The third kappa shape index (κ3) is 4.93. The molecule has 0 radical (unpaired) electrons. The molecule has 0 aromatic heterocycles. The maximum atomic E-state index is 12.2. The number of carbonyl (C=O) groups is 1. The number of allylic oxidation sites excluding steroid dienone is 1. The minimum atomic E-state index is -0.00373. The molecule has 0 N–H and O–H groups in total. The maximum absolute atomic E-state index is 12.2. The molecule has 3 aromatic carbocycles. The van der Waals surface area contributed by atoms with Gasteiger partial charge in [-0.25, -0.2) is 0 Å². The second kappa shape index (κ2) is 8.30. The molecule has 0 aliphatic heterocycles. The predicted octanol–water partition coefficient (Wildman–Crippen LogP) is 5.78. The number of hydrogen-bond donors (Lipinski definition) is 0. The Kier molecular flexibility index (Phi) is 5.65. The fraction of sp³-hybridized carbons (Fsp3) is 0.125. The second-order valence-electron chi connectivity index (χ2n) is 6.41. The molecule has 2 nitrogen and oxygen atoms in total. The summed E-state index contributed by atoms with van der Waals surface area (Å²) in [6, 6.07) is 23.6. The molecule has 2 heteroatoms. The summed E-state index contributed by atoms with van der Waals surface area (Å²) in [7, 11) is 0. The molecule has 3 rings (SSSR count). The van der Waals surface area contributed by atoms with Crippen LogP contribution in [0.15, 0.2) is 78.9 Å². The van der Waals surface area contributed by atoms with Gasteiger partial charge >= 0.3 is 0 Å². The average Bonchev–Trinajstić information content (AvgIpc) is 2.66. The largest absolute Gasteiger partial charge is 0.489 e. The van der Waals surface area contributed by atoms with Gasteiger partial charge in [0.1, 0.15) is 12.4 Å². The van der Waals surface area contributed by atoms with Gasteiger partial charge in [0.2, 0.25) is 0 Å². The van der Waals surface area contributed by atoms with Gasteiger partial charge in [-0.05, 0) is 43.2 Å². The lowest BCUT2D eigenvalue weighted by molar-refractivity contribution is 0.104. The van der Waals surface area contributed by atoms with Crippen molar-refractivity contribution in [2.75, 3.05) is 0 Å². The summed E-state index contributed by atoms with van der Waals surface area (Å²) in [6.07, 6.45) is 3.42. The summed E-state index contributed by atoms with van der Waals surface area (Å²) in [5.41, 5.74) is 5.14. The molecule has 0 amide bonds. The standard InChI is InChI=1S/C24H22O2/c1-18-6-10-21(11-7-18)17-26-23-5-3-4-20(16-23)12-15-24(25)22-13-8-19(2)9-14-22/h3-16H,17H2,1-2H3/b15-12+. The van der Waals surface area contributed by atoms with E-state index in [1.54, 1.807) is 6.08 Å². The molecule has 0 saturated heterocycles. The Labute approximate surface area is 154 Å². The third-order valence-corrected chi connectivity index (χ3v) is 4.15. The zero-order chi connectivity index (χ0) is 18.4. The molecule has 0 unspecified atom stereocenters. The summed E-state index contributed by atoms with van der Waals surface area (Å²) < 4.78 is 5.86. The molecule has 0 spiro atoms. The number of aryl methyl sites for hydroxylation is 2. The van der Waals surface area contributed by atoms with Crippen molar-refractivity contribution in [3.63, 3.8) is 0 Å². The zero-order valence-electron chi connectivity index (χ0n) is 15.1. The first-order chi connectivity index (χ1) is 12.6. The summed E-state index contributed by atoms with van der Waals surface area (Å²) in [5.74, 6) is 0.784. The van der Waals surface area contributed by atoms with Crippen molar-refractivity contribution in [2.45, 2.75) is 20.5 Å². The highest BCUT2D eigenvalue weighted by molar-refractivity contribution is 6.06. The fourth-order valence-electron chi connectivity index (χ4n) is 2.54. The fourth-order valence-corrected chi connectivity index (χ4v) is 2.54. The molecule has 130 valence electrons. The third-order valence-electron chi connectivity index (χ3n) is 4.15. The van der Waals surface area contributed by atoms with E-state index in [9.17, 15) is 4.79 Å². The van der Waals surface area contributed by atoms with Crippen LogP contribution in [0.3, 0.4) is 0 Å². The molecule has 0 saturated carbocycles. The molecule has 0 bridgehead atoms. The Morgan fingerprint density at radius 3 is 2.23 bits per heavy atom. The van der Waals surface area contributed by atoms with Gasteiger partial charge in [-0.15, -0.1) is 0 Å². The highest BCUT2D eigenvalue weighted by Gasteiger charge is 2.01. The van der Waals surface area contributed by atoms with E-state index in [4.69, 9.17) is 4.74 Å². The van der Waals surface area contributed by atoms with E-state index in [0.29, 0.717) is 12.2 Å². The summed E-state index contributed by atoms with van der Waals surface area (Å²) in [4.78, 5) is 12.2. The van der Waals surface area contributed by atoms with Crippen molar-refractivity contribution in [2.24, 2.45) is 0 Å². The quantitative estimate of drug-likeness (QED) is 0.419. The van der Waals surface area contributed by atoms with Crippen LogP contribution in [0.25, 0.3) is 6.08 Å². The molecular formula is C24H22O2. The van der Waals surface area contributed by atoms with Crippen LogP contribution in [0, 0.1) is 13.8 Å². The average molecular weight is 342 g/mol. The molecular weight excluding hydrogens is 320 g/mol. The smallest absolute Gasteiger partial charge is 0.185 e. The van der Waals surface area contributed by atoms with Crippen molar-refractivity contribution >= 4 is 11.9 Å². The number of carbonyl (C=O) groups excluding carboxylic acids is 1. The van der Waals surface area contributed by atoms with Crippen LogP contribution < -0.4 is 4.74 Å². The van der Waals surface area contributed by atoms with E-state index in [-0.39, 0.29) is 5.78 Å². The summed E-state index contributed by atoms with van der Waals surface area (Å²) in [6.45, 7) is 4.60. The SMILES string of the molecule is Cc1ccc(COc2cccc(/C=C/C(=O)c3ccc(C)cc3)c2)cc1. The van der Waals surface area contributed by atoms with Crippen molar-refractivity contribution in [3.8, 4) is 5.75 Å². The van der Waals surface area contributed by atoms with Crippen LogP contribution in [0.2, 0.25) is 0 Å². The normalized spacial score (nSPS) is 10.8. The number of benzene rings is 3. The van der Waals surface area contributed by atoms with Gasteiger partial charge in [0.15, 0.2) is 5.78 Å². The van der Waals surface area contributed by atoms with Crippen molar-refractivity contribution in [3.05, 3.63) is 107 Å². The Hall–Kier alpha value is -3.13. The zero-order valence-corrected chi connectivity index (χ0v) is 15.1. The lowest BCUT2D eigenvalue weighted by Gasteiger charge is -2.07. The van der Waals surface area contributed by atoms with Gasteiger partial charge in [-0.1, -0.05) is 77.9 Å². The molecule has 0 atom stereocenters. The van der Waals surface area contributed by atoms with Crippen LogP contribution in [0.5, 0.6) is 5.75 Å². The molecule has 26 heavy (non-hydrogen) atoms. The van der Waals surface area contributed by atoms with Crippen LogP contribution in [-0.4, -0.2) is 5.78 Å². The Balaban J connectivity index is 1.64. The second-order valence-corrected chi connectivity index (χ2v) is 6.41. The number of ketones is 1. The molecule has 0 aliphatic carbocycles. The van der Waals surface area contributed by atoms with E-state index < -0.39 is 0 Å². The van der Waals surface area contributed by atoms with E-state index in [2.05, 4.69) is 31.2 Å². The van der Waals surface area contributed by atoms with Gasteiger partial charge in [0.25, 0.3) is 0 Å². The molecule has 0 fully saturated rings. The van der Waals surface area contributed by atoms with Crippen LogP contribution >= 0.6 is 0 Å². The highest BCUT2D eigenvalue weighted by atomic mass is 16.5. The topological polar surface area (TPSA) is 26.3 Å². The van der Waals surface area contributed by atoms with E-state index in [0.717, 1.165) is 22.4 Å². The monoisotopic (exact) mass is 342 g/mol. The summed E-state index contributed by atoms with van der Waals surface area (Å²) in [5, 5.41) is 0. The van der Waals surface area contributed by atoms with Crippen molar-refractivity contribution in [1.82, 2.24) is 0 Å². The van der Waals surface area contributed by atoms with Crippen molar-refractivity contribution in [1.29, 1.82) is 0 Å². The summed E-state index contributed by atoms with van der Waals surface area (Å²) >= 11 is 0. The van der Waals surface area contributed by atoms with Gasteiger partial charge < -0.3 is 4.74 Å². The van der Waals surface area contributed by atoms with E-state index in [1.807, 2.05) is 61.5 Å². The molecule has 0 heterocycles. The van der Waals surface area contributed by atoms with E-state index >= 15 is 0 Å². The minimum absolute atomic E-state index is 0.00373. The lowest BCUT2D eigenvalue weighted by Crippen LogP contribution is -1.96. The van der Waals surface area contributed by atoms with Crippen LogP contribution in [0.4, 0.5) is 0 Å². The lowest BCUT2D eigenvalue weighted by atomic mass is 10.1. The van der Waals surface area contributed by atoms with Crippen LogP contribution in [0.1, 0.15) is 32.6 Å². The Morgan fingerprint density at radius 1 is 0.885 bits per heavy atom. The Bertz CT molecular complexity index is 904. The number of hydrogen-bond acceptors (Lipinski definition) is 2. The predicted molar refractivity (Wildman–Crippen MR) is 106 cm³/mol. The minimum Gasteiger partial charge on any atom is -0.489 e. The Morgan fingerprint density at radius 2 is 1.54 bits per heavy atom. The van der Waals surface area contributed by atoms with Gasteiger partial charge in [0.05, 0.1) is 0 Å². The van der Waals surface area contributed by atoms with Crippen molar-refractivity contribution < 1.29 is 9.53 Å². The first kappa shape index (κ1) is 17.7. The van der Waals surface area contributed by atoms with Gasteiger partial charge in [-0.2, -0.15) is 0 Å². The van der Waals surface area contributed by atoms with Crippen LogP contribution in [-0.2, 0) is 6.61 Å². The number of rotatable bonds is 6. The molecule has 0 aliphatic rings. The number of ether oxygens (including phenoxy) is 1. The molecule has 3 aromatic rings. The highest BCUT2D eigenvalue weighted by Crippen LogP contribution is 2.17.